The number of hydrogen-bond donors (Lipinski definition) is 0. The molecule has 0 bridgehead atoms. The fourth-order valence-electron chi connectivity index (χ4n) is 3.66. The molecule has 0 saturated carbocycles. The predicted molar refractivity (Wildman–Crippen MR) is 116 cm³/mol. The molecule has 0 aliphatic carbocycles. The van der Waals surface area contributed by atoms with E-state index in [2.05, 4.69) is 35.2 Å². The Morgan fingerprint density at radius 2 is 1.63 bits per heavy atom. The number of para-hydroxylation sites is 1. The van der Waals surface area contributed by atoms with Crippen LogP contribution in [0.3, 0.4) is 0 Å². The van der Waals surface area contributed by atoms with Gasteiger partial charge in [-0.3, -0.25) is 4.79 Å². The van der Waals surface area contributed by atoms with E-state index in [9.17, 15) is 4.79 Å². The van der Waals surface area contributed by atoms with E-state index in [1.165, 1.54) is 5.56 Å². The molecular formula is C23H29ClN2O. The molecule has 1 aliphatic heterocycles. The molecule has 1 aliphatic rings. The number of hydrogen-bond acceptors (Lipinski definition) is 2. The van der Waals surface area contributed by atoms with Crippen molar-refractivity contribution in [3.05, 3.63) is 78.4 Å². The summed E-state index contributed by atoms with van der Waals surface area (Å²) >= 11 is 0. The third kappa shape index (κ3) is 5.95. The maximum atomic E-state index is 12.7. The summed E-state index contributed by atoms with van der Waals surface area (Å²) in [6.07, 6.45) is 6.63. The van der Waals surface area contributed by atoms with Crippen LogP contribution in [0.5, 0.6) is 0 Å². The largest absolute Gasteiger partial charge is 0.306 e. The molecule has 1 fully saturated rings. The molecular weight excluding hydrogens is 356 g/mol. The summed E-state index contributed by atoms with van der Waals surface area (Å²) in [6, 6.07) is 21.0. The number of piperidine rings is 1. The van der Waals surface area contributed by atoms with Crippen LogP contribution in [0.1, 0.15) is 25.3 Å². The highest BCUT2D eigenvalue weighted by Crippen LogP contribution is 2.24. The van der Waals surface area contributed by atoms with Gasteiger partial charge in [0.05, 0.1) is 0 Å². The zero-order valence-corrected chi connectivity index (χ0v) is 16.8. The van der Waals surface area contributed by atoms with Crippen LogP contribution >= 0.6 is 12.4 Å². The molecule has 0 atom stereocenters. The van der Waals surface area contributed by atoms with Gasteiger partial charge in [-0.1, -0.05) is 54.6 Å². The van der Waals surface area contributed by atoms with Crippen molar-refractivity contribution in [3.63, 3.8) is 0 Å². The standard InChI is InChI=1S/C23H28N2O.ClH/c1-2-9-23(26)25(21-12-7-4-8-13-21)22-15-18-24(19-16-22)17-14-20-10-5-3-6-11-20;/h2-13,22H,14-19H2,1H3;1H/b9-2+;. The summed E-state index contributed by atoms with van der Waals surface area (Å²) in [7, 11) is 0. The highest BCUT2D eigenvalue weighted by atomic mass is 35.5. The Morgan fingerprint density at radius 3 is 2.22 bits per heavy atom. The van der Waals surface area contributed by atoms with Gasteiger partial charge in [-0.2, -0.15) is 0 Å². The molecule has 0 N–H and O–H groups in total. The van der Waals surface area contributed by atoms with E-state index in [1.54, 1.807) is 6.08 Å². The average molecular weight is 385 g/mol. The minimum absolute atomic E-state index is 0. The fraction of sp³-hybridized carbons (Fsp3) is 0.348. The van der Waals surface area contributed by atoms with Crippen LogP contribution in [-0.2, 0) is 11.2 Å². The SMILES string of the molecule is C/C=C/C(=O)N(c1ccccc1)C1CCN(CCc2ccccc2)CC1.Cl. The Labute approximate surface area is 169 Å². The number of nitrogens with zero attached hydrogens (tertiary/aromatic N) is 2. The number of carbonyl (C=O) groups excluding carboxylic acids is 1. The van der Waals surface area contributed by atoms with Crippen molar-refractivity contribution in [3.8, 4) is 0 Å². The molecule has 1 amide bonds. The molecule has 1 saturated heterocycles. The van der Waals surface area contributed by atoms with Gasteiger partial charge in [0.2, 0.25) is 0 Å². The Balaban J connectivity index is 0.00000261. The van der Waals surface area contributed by atoms with E-state index in [1.807, 2.05) is 48.2 Å². The second kappa shape index (κ2) is 10.9. The molecule has 2 aromatic rings. The van der Waals surface area contributed by atoms with Crippen LogP contribution in [0.2, 0.25) is 0 Å². The zero-order valence-electron chi connectivity index (χ0n) is 16.0. The smallest absolute Gasteiger partial charge is 0.250 e. The summed E-state index contributed by atoms with van der Waals surface area (Å²) in [5.41, 5.74) is 2.39. The summed E-state index contributed by atoms with van der Waals surface area (Å²) < 4.78 is 0. The minimum atomic E-state index is 0. The first-order chi connectivity index (χ1) is 12.8. The Morgan fingerprint density at radius 1 is 1.04 bits per heavy atom. The van der Waals surface area contributed by atoms with Crippen molar-refractivity contribution in [1.29, 1.82) is 0 Å². The van der Waals surface area contributed by atoms with E-state index in [0.717, 1.165) is 44.6 Å². The first-order valence-corrected chi connectivity index (χ1v) is 9.55. The Bertz CT molecular complexity index is 710. The first-order valence-electron chi connectivity index (χ1n) is 9.55. The van der Waals surface area contributed by atoms with Crippen LogP contribution in [0.25, 0.3) is 0 Å². The molecule has 0 unspecified atom stereocenters. The maximum absolute atomic E-state index is 12.7. The first kappa shape index (κ1) is 21.2. The Kier molecular flexibility index (Phi) is 8.56. The highest BCUT2D eigenvalue weighted by molar-refractivity contribution is 6.01. The summed E-state index contributed by atoms with van der Waals surface area (Å²) in [4.78, 5) is 17.2. The van der Waals surface area contributed by atoms with Crippen LogP contribution in [-0.4, -0.2) is 36.5 Å². The number of allylic oxidation sites excluding steroid dienone is 1. The van der Waals surface area contributed by atoms with Gasteiger partial charge in [-0.05, 0) is 50.0 Å². The average Bonchev–Trinajstić information content (AvgIpc) is 2.69. The summed E-state index contributed by atoms with van der Waals surface area (Å²) in [6.45, 7) is 5.08. The second-order valence-corrected chi connectivity index (χ2v) is 6.85. The number of halogens is 1. The lowest BCUT2D eigenvalue weighted by Crippen LogP contribution is -2.47. The lowest BCUT2D eigenvalue weighted by Gasteiger charge is -2.38. The van der Waals surface area contributed by atoms with Crippen LogP contribution in [0.4, 0.5) is 5.69 Å². The molecule has 3 nitrogen and oxygen atoms in total. The quantitative estimate of drug-likeness (QED) is 0.672. The number of amides is 1. The number of anilines is 1. The normalized spacial score (nSPS) is 15.4. The van der Waals surface area contributed by atoms with Gasteiger partial charge in [0, 0.05) is 31.4 Å². The third-order valence-electron chi connectivity index (χ3n) is 5.06. The van der Waals surface area contributed by atoms with E-state index in [4.69, 9.17) is 0 Å². The van der Waals surface area contributed by atoms with E-state index < -0.39 is 0 Å². The van der Waals surface area contributed by atoms with Crippen LogP contribution in [0, 0.1) is 0 Å². The Hall–Kier alpha value is -2.10. The molecule has 27 heavy (non-hydrogen) atoms. The van der Waals surface area contributed by atoms with Crippen molar-refractivity contribution < 1.29 is 4.79 Å². The number of rotatable bonds is 6. The molecule has 0 radical (unpaired) electrons. The van der Waals surface area contributed by atoms with Gasteiger partial charge in [0.25, 0.3) is 5.91 Å². The molecule has 0 aromatic heterocycles. The fourth-order valence-corrected chi connectivity index (χ4v) is 3.66. The maximum Gasteiger partial charge on any atom is 0.250 e. The number of likely N-dealkylation sites (tertiary alicyclic amines) is 1. The van der Waals surface area contributed by atoms with Gasteiger partial charge in [0.1, 0.15) is 0 Å². The lowest BCUT2D eigenvalue weighted by molar-refractivity contribution is -0.114. The monoisotopic (exact) mass is 384 g/mol. The third-order valence-corrected chi connectivity index (χ3v) is 5.06. The van der Waals surface area contributed by atoms with Gasteiger partial charge in [0.15, 0.2) is 0 Å². The molecule has 3 rings (SSSR count). The zero-order chi connectivity index (χ0) is 18.2. The predicted octanol–water partition coefficient (Wildman–Crippen LogP) is 4.72. The van der Waals surface area contributed by atoms with E-state index >= 15 is 0 Å². The second-order valence-electron chi connectivity index (χ2n) is 6.85. The van der Waals surface area contributed by atoms with Crippen LogP contribution in [0.15, 0.2) is 72.8 Å². The van der Waals surface area contributed by atoms with Gasteiger partial charge in [-0.15, -0.1) is 12.4 Å². The lowest BCUT2D eigenvalue weighted by atomic mass is 10.0. The molecule has 144 valence electrons. The van der Waals surface area contributed by atoms with E-state index in [-0.39, 0.29) is 24.4 Å². The van der Waals surface area contributed by atoms with Gasteiger partial charge < -0.3 is 9.80 Å². The molecule has 4 heteroatoms. The minimum Gasteiger partial charge on any atom is -0.306 e. The molecule has 1 heterocycles. The topological polar surface area (TPSA) is 23.6 Å². The van der Waals surface area contributed by atoms with Crippen LogP contribution < -0.4 is 4.90 Å². The van der Waals surface area contributed by atoms with Crippen molar-refractivity contribution in [2.45, 2.75) is 32.2 Å². The van der Waals surface area contributed by atoms with Gasteiger partial charge in [-0.25, -0.2) is 0 Å². The van der Waals surface area contributed by atoms with Crippen molar-refractivity contribution in [2.75, 3.05) is 24.5 Å². The summed E-state index contributed by atoms with van der Waals surface area (Å²) in [5, 5.41) is 0. The highest BCUT2D eigenvalue weighted by Gasteiger charge is 2.27. The van der Waals surface area contributed by atoms with Crippen molar-refractivity contribution in [2.24, 2.45) is 0 Å². The summed E-state index contributed by atoms with van der Waals surface area (Å²) in [5.74, 6) is 0.0847. The van der Waals surface area contributed by atoms with Crippen molar-refractivity contribution >= 4 is 24.0 Å². The van der Waals surface area contributed by atoms with Crippen molar-refractivity contribution in [1.82, 2.24) is 4.90 Å². The molecule has 0 spiro atoms. The van der Waals surface area contributed by atoms with Gasteiger partial charge >= 0.3 is 0 Å². The van der Waals surface area contributed by atoms with E-state index in [0.29, 0.717) is 0 Å². The molecule has 2 aromatic carbocycles. The number of benzene rings is 2. The number of carbonyl (C=O) groups is 1.